The second-order valence-electron chi connectivity index (χ2n) is 6.06. The van der Waals surface area contributed by atoms with Crippen LogP contribution < -0.4 is 5.73 Å². The molecular formula is C17H21N5O3S. The monoisotopic (exact) mass is 375 g/mol. The molecule has 0 radical (unpaired) electrons. The lowest BCUT2D eigenvalue weighted by Crippen LogP contribution is -2.27. The second kappa shape index (κ2) is 6.58. The van der Waals surface area contributed by atoms with Gasteiger partial charge in [-0.3, -0.25) is 4.79 Å². The van der Waals surface area contributed by atoms with E-state index in [9.17, 15) is 13.2 Å². The van der Waals surface area contributed by atoms with Crippen molar-refractivity contribution in [1.29, 1.82) is 0 Å². The number of aromatic nitrogens is 3. The lowest BCUT2D eigenvalue weighted by Gasteiger charge is -2.16. The van der Waals surface area contributed by atoms with E-state index in [2.05, 4.69) is 4.98 Å². The van der Waals surface area contributed by atoms with Gasteiger partial charge in [0.1, 0.15) is 16.4 Å². The number of amides is 1. The number of hydrogen-bond donors (Lipinski definition) is 1. The fourth-order valence-corrected chi connectivity index (χ4v) is 4.18. The number of primary amides is 1. The van der Waals surface area contributed by atoms with Gasteiger partial charge in [-0.1, -0.05) is 12.1 Å². The number of carbonyl (C=O) groups is 1. The highest BCUT2D eigenvalue weighted by atomic mass is 32.2. The van der Waals surface area contributed by atoms with Crippen LogP contribution in [-0.4, -0.2) is 39.8 Å². The highest BCUT2D eigenvalue weighted by Crippen LogP contribution is 2.21. The first-order chi connectivity index (χ1) is 12.3. The number of sulfonamides is 1. The highest BCUT2D eigenvalue weighted by Gasteiger charge is 2.26. The first-order valence-corrected chi connectivity index (χ1v) is 9.56. The van der Waals surface area contributed by atoms with Crippen molar-refractivity contribution < 1.29 is 13.2 Å². The predicted octanol–water partition coefficient (Wildman–Crippen LogP) is 1.31. The normalized spacial score (nSPS) is 12.2. The van der Waals surface area contributed by atoms with Crippen molar-refractivity contribution in [3.63, 3.8) is 0 Å². The summed E-state index contributed by atoms with van der Waals surface area (Å²) in [6.07, 6.45) is 1.38. The maximum atomic E-state index is 12.9. The highest BCUT2D eigenvalue weighted by molar-refractivity contribution is 7.89. The molecule has 1 aromatic carbocycles. The molecule has 138 valence electrons. The average molecular weight is 375 g/mol. The van der Waals surface area contributed by atoms with E-state index in [1.807, 2.05) is 35.8 Å². The van der Waals surface area contributed by atoms with Gasteiger partial charge in [-0.2, -0.15) is 4.31 Å². The van der Waals surface area contributed by atoms with Crippen molar-refractivity contribution in [2.45, 2.75) is 24.9 Å². The fourth-order valence-electron chi connectivity index (χ4n) is 2.98. The molecule has 0 aliphatic heterocycles. The van der Waals surface area contributed by atoms with E-state index >= 15 is 0 Å². The Morgan fingerprint density at radius 2 is 2.00 bits per heavy atom. The summed E-state index contributed by atoms with van der Waals surface area (Å²) in [6.45, 7) is 2.79. The van der Waals surface area contributed by atoms with Crippen LogP contribution in [0.4, 0.5) is 0 Å². The number of para-hydroxylation sites is 2. The molecule has 8 nitrogen and oxygen atoms in total. The Hall–Kier alpha value is -2.65. The lowest BCUT2D eigenvalue weighted by molar-refractivity contribution is 0.0992. The van der Waals surface area contributed by atoms with Crippen molar-refractivity contribution in [1.82, 2.24) is 18.4 Å². The number of aryl methyl sites for hydroxylation is 2. The number of carbonyl (C=O) groups excluding carboxylic acids is 1. The summed E-state index contributed by atoms with van der Waals surface area (Å²) in [4.78, 5) is 16.0. The molecule has 0 spiro atoms. The third kappa shape index (κ3) is 2.99. The zero-order valence-electron chi connectivity index (χ0n) is 14.9. The van der Waals surface area contributed by atoms with Gasteiger partial charge < -0.3 is 14.9 Å². The van der Waals surface area contributed by atoms with Crippen molar-refractivity contribution in [3.8, 4) is 0 Å². The maximum Gasteiger partial charge on any atom is 0.265 e. The molecule has 3 aromatic rings. The van der Waals surface area contributed by atoms with Crippen LogP contribution in [0, 0.1) is 0 Å². The Balaban J connectivity index is 1.95. The van der Waals surface area contributed by atoms with Gasteiger partial charge >= 0.3 is 0 Å². The third-order valence-corrected chi connectivity index (χ3v) is 6.12. The zero-order valence-corrected chi connectivity index (χ0v) is 15.7. The summed E-state index contributed by atoms with van der Waals surface area (Å²) in [7, 11) is -0.713. The zero-order chi connectivity index (χ0) is 19.1. The molecule has 0 saturated carbocycles. The van der Waals surface area contributed by atoms with E-state index in [1.54, 1.807) is 7.05 Å². The van der Waals surface area contributed by atoms with Gasteiger partial charge in [0.2, 0.25) is 10.0 Å². The SMILES string of the molecule is CCn1c(CN(C)S(=O)(=O)c2cc(C(N)=O)n(C)c2)nc2ccccc21. The summed E-state index contributed by atoms with van der Waals surface area (Å²) in [5.41, 5.74) is 7.20. The van der Waals surface area contributed by atoms with E-state index < -0.39 is 15.9 Å². The Kier molecular flexibility index (Phi) is 4.59. The fraction of sp³-hybridized carbons (Fsp3) is 0.294. The van der Waals surface area contributed by atoms with Crippen LogP contribution in [0.15, 0.2) is 41.4 Å². The Morgan fingerprint density at radius 1 is 1.31 bits per heavy atom. The summed E-state index contributed by atoms with van der Waals surface area (Å²) < 4.78 is 30.3. The largest absolute Gasteiger partial charge is 0.364 e. The number of hydrogen-bond acceptors (Lipinski definition) is 4. The summed E-state index contributed by atoms with van der Waals surface area (Å²) in [5, 5.41) is 0. The second-order valence-corrected chi connectivity index (χ2v) is 8.10. The van der Waals surface area contributed by atoms with Crippen LogP contribution >= 0.6 is 0 Å². The predicted molar refractivity (Wildman–Crippen MR) is 98.0 cm³/mol. The van der Waals surface area contributed by atoms with E-state index in [-0.39, 0.29) is 17.1 Å². The number of benzene rings is 1. The molecule has 0 aliphatic carbocycles. The number of fused-ring (bicyclic) bond motifs is 1. The average Bonchev–Trinajstić information content (AvgIpc) is 3.15. The molecule has 0 atom stereocenters. The van der Waals surface area contributed by atoms with E-state index in [0.29, 0.717) is 12.4 Å². The van der Waals surface area contributed by atoms with Gasteiger partial charge in [0, 0.05) is 26.8 Å². The molecule has 0 unspecified atom stereocenters. The molecule has 0 saturated heterocycles. The van der Waals surface area contributed by atoms with Gasteiger partial charge in [-0.25, -0.2) is 13.4 Å². The number of imidazole rings is 1. The van der Waals surface area contributed by atoms with Crippen LogP contribution in [0.1, 0.15) is 23.2 Å². The summed E-state index contributed by atoms with van der Waals surface area (Å²) >= 11 is 0. The first-order valence-electron chi connectivity index (χ1n) is 8.12. The van der Waals surface area contributed by atoms with Gasteiger partial charge in [0.05, 0.1) is 17.6 Å². The maximum absolute atomic E-state index is 12.9. The number of rotatable bonds is 6. The van der Waals surface area contributed by atoms with Crippen molar-refractivity contribution in [2.75, 3.05) is 7.05 Å². The van der Waals surface area contributed by atoms with Gasteiger partial charge in [0.15, 0.2) is 0 Å². The molecule has 0 fully saturated rings. The Labute approximate surface area is 151 Å². The van der Waals surface area contributed by atoms with Crippen LogP contribution in [0.2, 0.25) is 0 Å². The number of nitrogens with zero attached hydrogens (tertiary/aromatic N) is 4. The van der Waals surface area contributed by atoms with E-state index in [0.717, 1.165) is 11.0 Å². The Morgan fingerprint density at radius 3 is 2.62 bits per heavy atom. The molecule has 2 aromatic heterocycles. The molecule has 0 bridgehead atoms. The van der Waals surface area contributed by atoms with Crippen molar-refractivity contribution in [2.24, 2.45) is 12.8 Å². The van der Waals surface area contributed by atoms with Crippen molar-refractivity contribution >= 4 is 27.0 Å². The van der Waals surface area contributed by atoms with Gasteiger partial charge in [-0.15, -0.1) is 0 Å². The third-order valence-electron chi connectivity index (χ3n) is 4.35. The smallest absolute Gasteiger partial charge is 0.265 e. The van der Waals surface area contributed by atoms with Crippen LogP contribution in [-0.2, 0) is 30.2 Å². The van der Waals surface area contributed by atoms with Gasteiger partial charge in [-0.05, 0) is 25.1 Å². The molecule has 0 aliphatic rings. The molecular weight excluding hydrogens is 354 g/mol. The van der Waals surface area contributed by atoms with Crippen LogP contribution in [0.3, 0.4) is 0 Å². The standard InChI is InChI=1S/C17H21N5O3S/c1-4-22-14-8-6-5-7-13(14)19-16(22)11-21(3)26(24,25)12-9-15(17(18)23)20(2)10-12/h5-10H,4,11H2,1-3H3,(H2,18,23). The quantitative estimate of drug-likeness (QED) is 0.701. The molecule has 3 rings (SSSR count). The molecule has 2 N–H and O–H groups in total. The molecule has 1 amide bonds. The minimum atomic E-state index is -3.78. The van der Waals surface area contributed by atoms with Gasteiger partial charge in [0.25, 0.3) is 5.91 Å². The van der Waals surface area contributed by atoms with Crippen LogP contribution in [0.25, 0.3) is 11.0 Å². The minimum absolute atomic E-state index is 0.0236. The topological polar surface area (TPSA) is 103 Å². The number of nitrogens with two attached hydrogens (primary N) is 1. The summed E-state index contributed by atoms with van der Waals surface area (Å²) in [5.74, 6) is -0.0183. The minimum Gasteiger partial charge on any atom is -0.364 e. The Bertz CT molecular complexity index is 1080. The lowest BCUT2D eigenvalue weighted by atomic mass is 10.3. The van der Waals surface area contributed by atoms with E-state index in [4.69, 9.17) is 5.73 Å². The van der Waals surface area contributed by atoms with E-state index in [1.165, 1.54) is 28.2 Å². The summed E-state index contributed by atoms with van der Waals surface area (Å²) in [6, 6.07) is 8.97. The molecule has 2 heterocycles. The molecule has 9 heteroatoms. The van der Waals surface area contributed by atoms with Crippen LogP contribution in [0.5, 0.6) is 0 Å². The molecule has 26 heavy (non-hydrogen) atoms. The van der Waals surface area contributed by atoms with Crippen molar-refractivity contribution in [3.05, 3.63) is 48.0 Å². The first kappa shape index (κ1) is 18.2.